The number of rotatable bonds is 0. The molecule has 8 aliphatic rings. The molecule has 8 unspecified atom stereocenters. The normalized spacial score (nSPS) is 45.3. The molecule has 8 nitrogen and oxygen atoms in total. The minimum Gasteiger partial charge on any atom is -0.344 e. The first-order valence-electron chi connectivity index (χ1n) is 13.4. The zero-order valence-corrected chi connectivity index (χ0v) is 27.6. The summed E-state index contributed by atoms with van der Waals surface area (Å²) in [6.45, 7) is 0.224. The molecule has 2 aliphatic heterocycles. The second-order valence-electron chi connectivity index (χ2n) is 12.0. The molecule has 44 heavy (non-hydrogen) atoms. The first kappa shape index (κ1) is 29.7. The Labute approximate surface area is 288 Å². The number of alkyl halides is 4. The molecular formula is C28H14Cl8O8. The highest BCUT2D eigenvalue weighted by atomic mass is 35.5. The zero-order chi connectivity index (χ0) is 31.3. The molecule has 16 heteroatoms. The van der Waals surface area contributed by atoms with E-state index in [0.29, 0.717) is 0 Å². The summed E-state index contributed by atoms with van der Waals surface area (Å²) >= 11 is 55.0. The third-order valence-electron chi connectivity index (χ3n) is 10.7. The van der Waals surface area contributed by atoms with Crippen molar-refractivity contribution in [3.63, 3.8) is 0 Å². The van der Waals surface area contributed by atoms with Gasteiger partial charge in [-0.15, -0.1) is 46.4 Å². The maximum absolute atomic E-state index is 14.4. The van der Waals surface area contributed by atoms with E-state index in [4.69, 9.17) is 112 Å². The van der Waals surface area contributed by atoms with Crippen LogP contribution in [0.1, 0.15) is 41.4 Å². The second-order valence-corrected chi connectivity index (χ2v) is 15.9. The Hall–Kier alpha value is -0.460. The molecule has 0 aromatic heterocycles. The first-order valence-corrected chi connectivity index (χ1v) is 16.5. The van der Waals surface area contributed by atoms with Crippen LogP contribution in [0.5, 0.6) is 0 Å². The molecule has 4 bridgehead atoms. The molecule has 9 rings (SSSR count). The molecule has 1 aromatic carbocycles. The zero-order valence-electron chi connectivity index (χ0n) is 21.6. The van der Waals surface area contributed by atoms with Crippen molar-refractivity contribution in [3.05, 3.63) is 54.5 Å². The number of carbonyl (C=O) groups excluding carboxylic acids is 4. The van der Waals surface area contributed by atoms with Crippen LogP contribution in [0.4, 0.5) is 0 Å². The van der Waals surface area contributed by atoms with E-state index in [1.807, 2.05) is 0 Å². The smallest absolute Gasteiger partial charge is 0.219 e. The average Bonchev–Trinajstić information content (AvgIpc) is 3.80. The lowest BCUT2D eigenvalue weighted by Gasteiger charge is -2.40. The fourth-order valence-electron chi connectivity index (χ4n) is 9.11. The van der Waals surface area contributed by atoms with Gasteiger partial charge in [-0.1, -0.05) is 46.4 Å². The van der Waals surface area contributed by atoms with E-state index in [9.17, 15) is 19.2 Å². The van der Waals surface area contributed by atoms with Gasteiger partial charge in [-0.3, -0.25) is 19.2 Å². The van der Waals surface area contributed by atoms with Crippen molar-refractivity contribution < 1.29 is 38.1 Å². The van der Waals surface area contributed by atoms with E-state index in [-0.39, 0.29) is 68.8 Å². The van der Waals surface area contributed by atoms with E-state index in [1.165, 1.54) is 12.1 Å². The third-order valence-corrected chi connectivity index (χ3v) is 15.9. The highest BCUT2D eigenvalue weighted by Gasteiger charge is 2.90. The van der Waals surface area contributed by atoms with Crippen LogP contribution in [0.3, 0.4) is 0 Å². The Balaban J connectivity index is 1.24. The molecule has 2 saturated heterocycles. The van der Waals surface area contributed by atoms with Gasteiger partial charge in [-0.25, -0.2) is 0 Å². The summed E-state index contributed by atoms with van der Waals surface area (Å²) in [5.74, 6) is -12.0. The number of hydrogen-bond donors (Lipinski definition) is 0. The Morgan fingerprint density at radius 3 is 0.864 bits per heavy atom. The van der Waals surface area contributed by atoms with Gasteiger partial charge in [0.1, 0.15) is 19.5 Å². The van der Waals surface area contributed by atoms with Crippen LogP contribution < -0.4 is 0 Å². The molecule has 1 aromatic rings. The summed E-state index contributed by atoms with van der Waals surface area (Å²) in [5, 5.41) is -0.688. The van der Waals surface area contributed by atoms with Crippen LogP contribution in [0.15, 0.2) is 32.3 Å². The number of hydrogen-bond acceptors (Lipinski definition) is 8. The van der Waals surface area contributed by atoms with Crippen molar-refractivity contribution in [1.82, 2.24) is 0 Å². The highest BCUT2D eigenvalue weighted by molar-refractivity contribution is 6.55. The second kappa shape index (κ2) is 8.39. The van der Waals surface area contributed by atoms with Crippen LogP contribution in [-0.4, -0.2) is 80.6 Å². The van der Waals surface area contributed by atoms with E-state index in [2.05, 4.69) is 0 Å². The summed E-state index contributed by atoms with van der Waals surface area (Å²) in [6, 6.07) is 2.39. The van der Waals surface area contributed by atoms with Gasteiger partial charge >= 0.3 is 0 Å². The van der Waals surface area contributed by atoms with Crippen LogP contribution >= 0.6 is 92.8 Å². The number of ether oxygens (including phenoxy) is 4. The summed E-state index contributed by atoms with van der Waals surface area (Å²) in [5.41, 5.74) is -0.643. The number of benzene rings is 1. The van der Waals surface area contributed by atoms with Crippen molar-refractivity contribution in [2.45, 2.75) is 31.1 Å². The number of halogens is 8. The maximum Gasteiger partial charge on any atom is 0.219 e. The van der Waals surface area contributed by atoms with E-state index < -0.39 is 77.9 Å². The molecule has 230 valence electrons. The van der Waals surface area contributed by atoms with Crippen molar-refractivity contribution >= 4 is 116 Å². The molecule has 0 N–H and O–H groups in total. The van der Waals surface area contributed by atoms with Crippen LogP contribution in [-0.2, 0) is 18.9 Å². The van der Waals surface area contributed by atoms with Gasteiger partial charge in [-0.2, -0.15) is 0 Å². The molecule has 2 saturated carbocycles. The summed E-state index contributed by atoms with van der Waals surface area (Å²) in [7, 11) is 0. The van der Waals surface area contributed by atoms with Gasteiger partial charge in [0.15, 0.2) is 23.1 Å². The van der Waals surface area contributed by atoms with Crippen LogP contribution in [0, 0.1) is 23.7 Å². The molecule has 0 radical (unpaired) electrons. The molecule has 2 spiro atoms. The van der Waals surface area contributed by atoms with Crippen LogP contribution in [0.25, 0.3) is 0 Å². The van der Waals surface area contributed by atoms with Crippen molar-refractivity contribution in [3.8, 4) is 0 Å². The highest BCUT2D eigenvalue weighted by Crippen LogP contribution is 2.78. The molecular weight excluding hydrogens is 748 g/mol. The Morgan fingerprint density at radius 1 is 0.455 bits per heavy atom. The SMILES string of the molecule is O=C1c2cc3c(cc2C(=O)C2C1C1(Cl)C(Cl)=C(Cl)C2(Cl)C12OCCO2)C(=O)C1C(C3=O)C2(Cl)C(Cl)=C(Cl)C1(Cl)C21OCCO1. The molecule has 4 fully saturated rings. The van der Waals surface area contributed by atoms with Gasteiger partial charge in [0.2, 0.25) is 11.6 Å². The Morgan fingerprint density at radius 2 is 0.659 bits per heavy atom. The van der Waals surface area contributed by atoms with Gasteiger partial charge < -0.3 is 18.9 Å². The molecule has 0 amide bonds. The quantitative estimate of drug-likeness (QED) is 0.309. The monoisotopic (exact) mass is 758 g/mol. The first-order chi connectivity index (χ1) is 20.6. The van der Waals surface area contributed by atoms with Gasteiger partial charge in [0.25, 0.3) is 0 Å². The lowest BCUT2D eigenvalue weighted by atomic mass is 9.65. The fraction of sp³-hybridized carbons (Fsp3) is 0.500. The third kappa shape index (κ3) is 2.49. The van der Waals surface area contributed by atoms with Gasteiger partial charge in [0.05, 0.1) is 70.2 Å². The van der Waals surface area contributed by atoms with E-state index >= 15 is 0 Å². The summed E-state index contributed by atoms with van der Waals surface area (Å²) < 4.78 is 23.7. The van der Waals surface area contributed by atoms with Crippen molar-refractivity contribution in [2.24, 2.45) is 23.7 Å². The van der Waals surface area contributed by atoms with E-state index in [0.717, 1.165) is 0 Å². The minimum atomic E-state index is -1.95. The van der Waals surface area contributed by atoms with Crippen molar-refractivity contribution in [2.75, 3.05) is 26.4 Å². The Bertz CT molecular complexity index is 1570. The standard InChI is InChI=1S/C28H14Cl8O8/c29-19-20(30)24(34)12-11(23(19,33)27(24)41-1-2-42-27)15(37)7-5-9-10(6-8(7)16(12)38)18(40)14-13(17(9)39)25(35)21(31)22(32)26(14,36)28(25)43-3-4-44-28/h5-6,11-14H,1-4H2. The van der Waals surface area contributed by atoms with Gasteiger partial charge in [-0.05, 0) is 12.1 Å². The van der Waals surface area contributed by atoms with Crippen molar-refractivity contribution in [1.29, 1.82) is 0 Å². The predicted octanol–water partition coefficient (Wildman–Crippen LogP) is 5.74. The topological polar surface area (TPSA) is 105 Å². The number of ketones is 4. The lowest BCUT2D eigenvalue weighted by Crippen LogP contribution is -2.56. The lowest BCUT2D eigenvalue weighted by molar-refractivity contribution is -0.171. The molecule has 2 heterocycles. The minimum absolute atomic E-state index is 0.0561. The summed E-state index contributed by atoms with van der Waals surface area (Å²) in [4.78, 5) is 49.6. The maximum atomic E-state index is 14.4. The van der Waals surface area contributed by atoms with Crippen LogP contribution in [0.2, 0.25) is 0 Å². The molecule has 6 aliphatic carbocycles. The average molecular weight is 762 g/mol. The molecule has 8 atom stereocenters. The number of Topliss-reactive ketones (excluding diaryl/α,β-unsaturated/α-hetero) is 4. The summed E-state index contributed by atoms with van der Waals surface area (Å²) in [6.07, 6.45) is 0. The van der Waals surface area contributed by atoms with Gasteiger partial charge in [0, 0.05) is 22.3 Å². The largest absolute Gasteiger partial charge is 0.344 e. The number of carbonyl (C=O) groups is 4. The fourth-order valence-corrected chi connectivity index (χ4v) is 13.3. The predicted molar refractivity (Wildman–Crippen MR) is 159 cm³/mol. The Kier molecular flexibility index (Phi) is 5.66. The number of fused-ring (bicyclic) bond motifs is 8. The van der Waals surface area contributed by atoms with E-state index in [1.54, 1.807) is 0 Å².